The zero-order valence-electron chi connectivity index (χ0n) is 22.6. The number of esters is 1. The SMILES string of the molecule is CC(C)C[C@H](N[C@H](CCN1C(=O)c2ccc(O)cc2C1=O)C(=O)OC(C)(C)C)C(=O)NCc1ccccc1. The third-order valence-corrected chi connectivity index (χ3v) is 6.02. The molecule has 1 aliphatic rings. The number of ether oxygens (including phenoxy) is 1. The lowest BCUT2D eigenvalue weighted by Crippen LogP contribution is -2.53. The summed E-state index contributed by atoms with van der Waals surface area (Å²) in [5, 5.41) is 15.8. The zero-order chi connectivity index (χ0) is 28.0. The van der Waals surface area contributed by atoms with Crippen molar-refractivity contribution >= 4 is 23.7 Å². The smallest absolute Gasteiger partial charge is 0.323 e. The molecule has 0 aliphatic carbocycles. The molecule has 38 heavy (non-hydrogen) atoms. The number of carbonyl (C=O) groups is 4. The Hall–Kier alpha value is -3.72. The normalized spacial score (nSPS) is 14.8. The number of phenolic OH excluding ortho intramolecular Hbond substituents is 1. The van der Waals surface area contributed by atoms with Crippen molar-refractivity contribution in [3.8, 4) is 5.75 Å². The molecule has 0 radical (unpaired) electrons. The van der Waals surface area contributed by atoms with Crippen molar-refractivity contribution in [2.75, 3.05) is 6.54 Å². The van der Waals surface area contributed by atoms with Crippen molar-refractivity contribution in [2.24, 2.45) is 5.92 Å². The van der Waals surface area contributed by atoms with Crippen molar-refractivity contribution in [2.45, 2.75) is 71.7 Å². The maximum Gasteiger partial charge on any atom is 0.323 e. The number of benzene rings is 2. The number of rotatable bonds is 11. The number of amides is 3. The minimum absolute atomic E-state index is 0.0485. The van der Waals surface area contributed by atoms with E-state index in [1.54, 1.807) is 20.8 Å². The zero-order valence-corrected chi connectivity index (χ0v) is 22.6. The van der Waals surface area contributed by atoms with Crippen LogP contribution in [0.1, 0.15) is 73.7 Å². The Bertz CT molecular complexity index is 1170. The van der Waals surface area contributed by atoms with Gasteiger partial charge in [-0.1, -0.05) is 44.2 Å². The van der Waals surface area contributed by atoms with Gasteiger partial charge in [-0.25, -0.2) is 0 Å². The lowest BCUT2D eigenvalue weighted by atomic mass is 10.0. The number of carbonyl (C=O) groups excluding carboxylic acids is 4. The molecular formula is C29H37N3O6. The number of hydrogen-bond donors (Lipinski definition) is 3. The number of phenols is 1. The molecule has 0 spiro atoms. The fraction of sp³-hybridized carbons (Fsp3) is 0.448. The molecule has 9 heteroatoms. The molecule has 3 N–H and O–H groups in total. The molecule has 0 saturated heterocycles. The van der Waals surface area contributed by atoms with Crippen LogP contribution in [0.5, 0.6) is 5.75 Å². The number of aromatic hydroxyl groups is 1. The van der Waals surface area contributed by atoms with Crippen LogP contribution in [-0.2, 0) is 20.9 Å². The van der Waals surface area contributed by atoms with Gasteiger partial charge in [0.2, 0.25) is 5.91 Å². The monoisotopic (exact) mass is 523 g/mol. The molecule has 3 rings (SSSR count). The van der Waals surface area contributed by atoms with Crippen molar-refractivity contribution in [1.82, 2.24) is 15.5 Å². The summed E-state index contributed by atoms with van der Waals surface area (Å²) in [6, 6.07) is 11.9. The first-order valence-electron chi connectivity index (χ1n) is 12.9. The van der Waals surface area contributed by atoms with E-state index in [2.05, 4.69) is 10.6 Å². The molecule has 0 saturated carbocycles. The number of imide groups is 1. The van der Waals surface area contributed by atoms with Crippen LogP contribution in [0.3, 0.4) is 0 Å². The van der Waals surface area contributed by atoms with Gasteiger partial charge in [0.15, 0.2) is 0 Å². The molecule has 0 bridgehead atoms. The van der Waals surface area contributed by atoms with E-state index in [9.17, 15) is 24.3 Å². The van der Waals surface area contributed by atoms with Gasteiger partial charge in [-0.05, 0) is 63.3 Å². The highest BCUT2D eigenvalue weighted by Gasteiger charge is 2.37. The van der Waals surface area contributed by atoms with Crippen molar-refractivity contribution in [3.05, 3.63) is 65.2 Å². The Balaban J connectivity index is 1.76. The van der Waals surface area contributed by atoms with Crippen LogP contribution in [0.2, 0.25) is 0 Å². The van der Waals surface area contributed by atoms with E-state index in [1.807, 2.05) is 44.2 Å². The fourth-order valence-corrected chi connectivity index (χ4v) is 4.26. The van der Waals surface area contributed by atoms with Gasteiger partial charge in [-0.3, -0.25) is 29.4 Å². The van der Waals surface area contributed by atoms with E-state index in [0.29, 0.717) is 13.0 Å². The number of hydrogen-bond acceptors (Lipinski definition) is 7. The van der Waals surface area contributed by atoms with E-state index in [-0.39, 0.29) is 41.7 Å². The van der Waals surface area contributed by atoms with E-state index in [1.165, 1.54) is 18.2 Å². The lowest BCUT2D eigenvalue weighted by molar-refractivity contribution is -0.158. The molecule has 1 aliphatic heterocycles. The second kappa shape index (κ2) is 12.2. The minimum atomic E-state index is -0.946. The molecule has 204 valence electrons. The van der Waals surface area contributed by atoms with Gasteiger partial charge in [0.1, 0.15) is 17.4 Å². The number of fused-ring (bicyclic) bond motifs is 1. The Morgan fingerprint density at radius 2 is 1.63 bits per heavy atom. The second-order valence-electron chi connectivity index (χ2n) is 10.9. The third-order valence-electron chi connectivity index (χ3n) is 6.02. The second-order valence-corrected chi connectivity index (χ2v) is 10.9. The van der Waals surface area contributed by atoms with Crippen LogP contribution in [0.15, 0.2) is 48.5 Å². The molecule has 2 aromatic rings. The first-order chi connectivity index (χ1) is 17.9. The quantitative estimate of drug-likeness (QED) is 0.304. The summed E-state index contributed by atoms with van der Waals surface area (Å²) in [6.45, 7) is 9.48. The Kier molecular flexibility index (Phi) is 9.27. The Labute approximate surface area is 223 Å². The van der Waals surface area contributed by atoms with Crippen LogP contribution < -0.4 is 10.6 Å². The van der Waals surface area contributed by atoms with Gasteiger partial charge >= 0.3 is 5.97 Å². The Morgan fingerprint density at radius 3 is 2.26 bits per heavy atom. The highest BCUT2D eigenvalue weighted by molar-refractivity contribution is 6.21. The predicted octanol–water partition coefficient (Wildman–Crippen LogP) is 3.41. The van der Waals surface area contributed by atoms with Crippen LogP contribution in [0, 0.1) is 5.92 Å². The highest BCUT2D eigenvalue weighted by atomic mass is 16.6. The average molecular weight is 524 g/mol. The van der Waals surface area contributed by atoms with Crippen molar-refractivity contribution < 1.29 is 29.0 Å². The number of nitrogens with zero attached hydrogens (tertiary/aromatic N) is 1. The Morgan fingerprint density at radius 1 is 0.974 bits per heavy atom. The topological polar surface area (TPSA) is 125 Å². The van der Waals surface area contributed by atoms with Crippen LogP contribution >= 0.6 is 0 Å². The third kappa shape index (κ3) is 7.64. The molecule has 0 aromatic heterocycles. The predicted molar refractivity (Wildman–Crippen MR) is 142 cm³/mol. The van der Waals surface area contributed by atoms with E-state index >= 15 is 0 Å². The van der Waals surface area contributed by atoms with E-state index < -0.39 is 35.5 Å². The van der Waals surface area contributed by atoms with E-state index in [0.717, 1.165) is 10.5 Å². The average Bonchev–Trinajstić information content (AvgIpc) is 3.07. The molecule has 0 unspecified atom stereocenters. The van der Waals surface area contributed by atoms with Gasteiger partial charge in [-0.2, -0.15) is 0 Å². The largest absolute Gasteiger partial charge is 0.508 e. The summed E-state index contributed by atoms with van der Waals surface area (Å²) in [4.78, 5) is 53.1. The molecule has 9 nitrogen and oxygen atoms in total. The number of nitrogens with one attached hydrogen (secondary N) is 2. The fourth-order valence-electron chi connectivity index (χ4n) is 4.26. The molecule has 2 aromatic carbocycles. The molecule has 1 heterocycles. The molecular weight excluding hydrogens is 486 g/mol. The van der Waals surface area contributed by atoms with Crippen LogP contribution in [-0.4, -0.2) is 57.9 Å². The van der Waals surface area contributed by atoms with Crippen molar-refractivity contribution in [1.29, 1.82) is 0 Å². The molecule has 2 atom stereocenters. The summed E-state index contributed by atoms with van der Waals surface area (Å²) in [6.07, 6.45) is 0.513. The van der Waals surface area contributed by atoms with E-state index in [4.69, 9.17) is 4.74 Å². The van der Waals surface area contributed by atoms with Gasteiger partial charge < -0.3 is 15.2 Å². The molecule has 3 amide bonds. The summed E-state index contributed by atoms with van der Waals surface area (Å²) < 4.78 is 5.61. The first kappa shape index (κ1) is 28.8. The summed E-state index contributed by atoms with van der Waals surface area (Å²) in [7, 11) is 0. The first-order valence-corrected chi connectivity index (χ1v) is 12.9. The maximum absolute atomic E-state index is 13.2. The standard InChI is InChI=1S/C29H37N3O6/c1-18(2)15-24(25(34)30-17-19-9-7-6-8-10-19)31-23(28(37)38-29(3,4)5)13-14-32-26(35)21-12-11-20(33)16-22(21)27(32)36/h6-12,16,18,23-24,31,33H,13-15,17H2,1-5H3,(H,30,34)/t23-,24+/m1/s1. The summed E-state index contributed by atoms with van der Waals surface area (Å²) in [5.41, 5.74) is 0.500. The highest BCUT2D eigenvalue weighted by Crippen LogP contribution is 2.26. The van der Waals surface area contributed by atoms with Gasteiger partial charge in [0.25, 0.3) is 11.8 Å². The van der Waals surface area contributed by atoms with Crippen LogP contribution in [0.25, 0.3) is 0 Å². The minimum Gasteiger partial charge on any atom is -0.508 e. The van der Waals surface area contributed by atoms with Crippen LogP contribution in [0.4, 0.5) is 0 Å². The summed E-state index contributed by atoms with van der Waals surface area (Å²) >= 11 is 0. The van der Waals surface area contributed by atoms with Gasteiger partial charge in [0, 0.05) is 13.1 Å². The van der Waals surface area contributed by atoms with Gasteiger partial charge in [-0.15, -0.1) is 0 Å². The maximum atomic E-state index is 13.2. The molecule has 0 fully saturated rings. The summed E-state index contributed by atoms with van der Waals surface area (Å²) in [5.74, 6) is -1.82. The van der Waals surface area contributed by atoms with Gasteiger partial charge in [0.05, 0.1) is 17.2 Å². The lowest BCUT2D eigenvalue weighted by Gasteiger charge is -2.29. The van der Waals surface area contributed by atoms with Crippen molar-refractivity contribution in [3.63, 3.8) is 0 Å².